The molecule has 0 saturated carbocycles. The van der Waals surface area contributed by atoms with E-state index in [0.717, 1.165) is 11.0 Å². The molecule has 0 saturated heterocycles. The van der Waals surface area contributed by atoms with Gasteiger partial charge in [-0.25, -0.2) is 4.98 Å². The Bertz CT molecular complexity index is 406. The Labute approximate surface area is 70.1 Å². The van der Waals surface area contributed by atoms with Crippen molar-refractivity contribution in [1.29, 1.82) is 0 Å². The number of imidazole rings is 1. The molecule has 0 atom stereocenters. The molecule has 0 amide bonds. The number of benzene rings is 1. The second-order valence-corrected chi connectivity index (χ2v) is 2.86. The van der Waals surface area contributed by atoms with Crippen molar-refractivity contribution in [3.63, 3.8) is 0 Å². The second kappa shape index (κ2) is 2.60. The van der Waals surface area contributed by atoms with E-state index in [1.807, 2.05) is 25.1 Å². The lowest BCUT2D eigenvalue weighted by Crippen LogP contribution is -1.83. The van der Waals surface area contributed by atoms with Crippen LogP contribution in [0.4, 0.5) is 0 Å². The van der Waals surface area contributed by atoms with E-state index in [9.17, 15) is 0 Å². The third-order valence-electron chi connectivity index (χ3n) is 1.84. The molecule has 1 aromatic heterocycles. The summed E-state index contributed by atoms with van der Waals surface area (Å²) >= 11 is 0. The maximum absolute atomic E-state index is 8.81. The molecule has 2 aromatic rings. The third-order valence-corrected chi connectivity index (χ3v) is 1.84. The molecule has 0 unspecified atom stereocenters. The van der Waals surface area contributed by atoms with Gasteiger partial charge < -0.3 is 10.1 Å². The molecule has 3 nitrogen and oxygen atoms in total. The molecule has 62 valence electrons. The van der Waals surface area contributed by atoms with Crippen LogP contribution in [0, 0.1) is 6.92 Å². The van der Waals surface area contributed by atoms with Crippen molar-refractivity contribution < 1.29 is 5.11 Å². The molecule has 0 bridgehead atoms. The van der Waals surface area contributed by atoms with Gasteiger partial charge in [-0.3, -0.25) is 0 Å². The van der Waals surface area contributed by atoms with Crippen LogP contribution in [0.2, 0.25) is 0 Å². The zero-order valence-electron chi connectivity index (χ0n) is 6.83. The summed E-state index contributed by atoms with van der Waals surface area (Å²) in [4.78, 5) is 7.20. The predicted molar refractivity (Wildman–Crippen MR) is 46.8 cm³/mol. The van der Waals surface area contributed by atoms with Gasteiger partial charge in [0.05, 0.1) is 11.0 Å². The number of nitrogens with zero attached hydrogens (tertiary/aromatic N) is 1. The number of aromatic nitrogens is 2. The highest BCUT2D eigenvalue weighted by atomic mass is 16.3. The SMILES string of the molecule is Cc1ccc2[nH]c(CO)nc2c1. The molecule has 0 radical (unpaired) electrons. The van der Waals surface area contributed by atoms with Crippen LogP contribution in [-0.4, -0.2) is 15.1 Å². The van der Waals surface area contributed by atoms with Crippen LogP contribution in [0.15, 0.2) is 18.2 Å². The van der Waals surface area contributed by atoms with Crippen LogP contribution < -0.4 is 0 Å². The minimum absolute atomic E-state index is 0.0340. The Morgan fingerprint density at radius 1 is 1.50 bits per heavy atom. The number of fused-ring (bicyclic) bond motifs is 1. The summed E-state index contributed by atoms with van der Waals surface area (Å²) in [5.41, 5.74) is 3.07. The van der Waals surface area contributed by atoms with Gasteiger partial charge in [-0.2, -0.15) is 0 Å². The minimum Gasteiger partial charge on any atom is -0.388 e. The predicted octanol–water partition coefficient (Wildman–Crippen LogP) is 1.36. The van der Waals surface area contributed by atoms with E-state index in [-0.39, 0.29) is 6.61 Å². The number of aryl methyl sites for hydroxylation is 1. The molecule has 3 heteroatoms. The van der Waals surface area contributed by atoms with Crippen molar-refractivity contribution in [2.45, 2.75) is 13.5 Å². The molecule has 0 aliphatic carbocycles. The first-order chi connectivity index (χ1) is 5.79. The Morgan fingerprint density at radius 3 is 3.08 bits per heavy atom. The fourth-order valence-electron chi connectivity index (χ4n) is 1.24. The van der Waals surface area contributed by atoms with Crippen LogP contribution in [0.25, 0.3) is 11.0 Å². The van der Waals surface area contributed by atoms with Crippen molar-refractivity contribution in [2.24, 2.45) is 0 Å². The molecule has 1 aromatic carbocycles. The highest BCUT2D eigenvalue weighted by molar-refractivity contribution is 5.75. The van der Waals surface area contributed by atoms with E-state index in [1.165, 1.54) is 5.56 Å². The molecule has 2 rings (SSSR count). The summed E-state index contributed by atoms with van der Waals surface area (Å²) in [5.74, 6) is 0.621. The van der Waals surface area contributed by atoms with Gasteiger partial charge in [0.2, 0.25) is 0 Å². The Kier molecular flexibility index (Phi) is 1.59. The van der Waals surface area contributed by atoms with Crippen molar-refractivity contribution in [3.8, 4) is 0 Å². The fourth-order valence-corrected chi connectivity index (χ4v) is 1.24. The highest BCUT2D eigenvalue weighted by Gasteiger charge is 1.99. The van der Waals surface area contributed by atoms with Gasteiger partial charge in [-0.15, -0.1) is 0 Å². The summed E-state index contributed by atoms with van der Waals surface area (Å²) in [6.07, 6.45) is 0. The molecular formula is C9H10N2O. The second-order valence-electron chi connectivity index (χ2n) is 2.86. The Morgan fingerprint density at radius 2 is 2.33 bits per heavy atom. The summed E-state index contributed by atoms with van der Waals surface area (Å²) in [7, 11) is 0. The van der Waals surface area contributed by atoms with Crippen molar-refractivity contribution in [3.05, 3.63) is 29.6 Å². The van der Waals surface area contributed by atoms with Gasteiger partial charge in [0.25, 0.3) is 0 Å². The average Bonchev–Trinajstić information content (AvgIpc) is 2.46. The summed E-state index contributed by atoms with van der Waals surface area (Å²) in [6.45, 7) is 1.99. The first-order valence-corrected chi connectivity index (χ1v) is 3.86. The van der Waals surface area contributed by atoms with Gasteiger partial charge in [-0.1, -0.05) is 6.07 Å². The van der Waals surface area contributed by atoms with Crippen LogP contribution in [-0.2, 0) is 6.61 Å². The number of hydrogen-bond acceptors (Lipinski definition) is 2. The number of H-pyrrole nitrogens is 1. The molecule has 2 N–H and O–H groups in total. The molecule has 12 heavy (non-hydrogen) atoms. The topological polar surface area (TPSA) is 48.9 Å². The van der Waals surface area contributed by atoms with E-state index >= 15 is 0 Å². The van der Waals surface area contributed by atoms with Gasteiger partial charge in [0.1, 0.15) is 12.4 Å². The van der Waals surface area contributed by atoms with Gasteiger partial charge in [0.15, 0.2) is 0 Å². The van der Waals surface area contributed by atoms with E-state index in [0.29, 0.717) is 5.82 Å². The Balaban J connectivity index is 2.67. The highest BCUT2D eigenvalue weighted by Crippen LogP contribution is 2.12. The van der Waals surface area contributed by atoms with Gasteiger partial charge in [0, 0.05) is 0 Å². The molecule has 0 fully saturated rings. The number of aromatic amines is 1. The monoisotopic (exact) mass is 162 g/mol. The zero-order valence-corrected chi connectivity index (χ0v) is 6.83. The molecule has 0 aliphatic rings. The number of nitrogens with one attached hydrogen (secondary N) is 1. The number of aliphatic hydroxyl groups excluding tert-OH is 1. The van der Waals surface area contributed by atoms with E-state index in [2.05, 4.69) is 9.97 Å². The lowest BCUT2D eigenvalue weighted by Gasteiger charge is -1.88. The lowest BCUT2D eigenvalue weighted by atomic mass is 10.2. The normalized spacial score (nSPS) is 10.8. The quantitative estimate of drug-likeness (QED) is 0.665. The van der Waals surface area contributed by atoms with Crippen LogP contribution in [0.1, 0.15) is 11.4 Å². The fraction of sp³-hybridized carbons (Fsp3) is 0.222. The number of hydrogen-bond donors (Lipinski definition) is 2. The summed E-state index contributed by atoms with van der Waals surface area (Å²) < 4.78 is 0. The van der Waals surface area contributed by atoms with E-state index in [4.69, 9.17) is 5.11 Å². The largest absolute Gasteiger partial charge is 0.388 e. The number of rotatable bonds is 1. The molecular weight excluding hydrogens is 152 g/mol. The molecule has 0 aliphatic heterocycles. The van der Waals surface area contributed by atoms with Gasteiger partial charge in [-0.05, 0) is 24.6 Å². The maximum Gasteiger partial charge on any atom is 0.133 e. The molecule has 1 heterocycles. The smallest absolute Gasteiger partial charge is 0.133 e. The third kappa shape index (κ3) is 1.08. The maximum atomic E-state index is 8.81. The molecule has 0 spiro atoms. The van der Waals surface area contributed by atoms with Crippen molar-refractivity contribution in [2.75, 3.05) is 0 Å². The first-order valence-electron chi connectivity index (χ1n) is 3.86. The standard InChI is InChI=1S/C9H10N2O/c1-6-2-3-7-8(4-6)11-9(5-12)10-7/h2-4,12H,5H2,1H3,(H,10,11). The van der Waals surface area contributed by atoms with Crippen LogP contribution in [0.5, 0.6) is 0 Å². The van der Waals surface area contributed by atoms with Crippen LogP contribution >= 0.6 is 0 Å². The number of aliphatic hydroxyl groups is 1. The first kappa shape index (κ1) is 7.31. The van der Waals surface area contributed by atoms with E-state index in [1.54, 1.807) is 0 Å². The van der Waals surface area contributed by atoms with Gasteiger partial charge >= 0.3 is 0 Å². The Hall–Kier alpha value is -1.35. The van der Waals surface area contributed by atoms with Crippen molar-refractivity contribution >= 4 is 11.0 Å². The minimum atomic E-state index is -0.0340. The van der Waals surface area contributed by atoms with Crippen molar-refractivity contribution in [1.82, 2.24) is 9.97 Å². The lowest BCUT2D eigenvalue weighted by molar-refractivity contribution is 0.273. The van der Waals surface area contributed by atoms with Crippen LogP contribution in [0.3, 0.4) is 0 Å². The summed E-state index contributed by atoms with van der Waals surface area (Å²) in [6, 6.07) is 5.98. The summed E-state index contributed by atoms with van der Waals surface area (Å²) in [5, 5.41) is 8.81. The van der Waals surface area contributed by atoms with E-state index < -0.39 is 0 Å². The average molecular weight is 162 g/mol. The zero-order chi connectivity index (χ0) is 8.55.